The molecule has 0 aromatic carbocycles. The fraction of sp³-hybridized carbons (Fsp3) is 1.00. The Morgan fingerprint density at radius 1 is 0.548 bits per heavy atom. The van der Waals surface area contributed by atoms with Crippen molar-refractivity contribution in [1.82, 2.24) is 0 Å². The SMILES string of the molecule is CC1C2CCC(CC2)[C@H]1C.C[C@@H]1C2CCC(CC2)C1(C)C.C[C@H]1CC2CCC1(C)CC2. The predicted octanol–water partition coefficient (Wildman–Crippen LogP) is 9.77. The zero-order valence-corrected chi connectivity index (χ0v) is 22.4. The molecule has 0 aromatic rings. The van der Waals surface area contributed by atoms with Crippen LogP contribution in [0.5, 0.6) is 0 Å². The maximum absolute atomic E-state index is 2.49. The van der Waals surface area contributed by atoms with Gasteiger partial charge in [0.1, 0.15) is 0 Å². The Balaban J connectivity index is 0.000000112. The lowest BCUT2D eigenvalue weighted by Gasteiger charge is -2.53. The van der Waals surface area contributed by atoms with Gasteiger partial charge in [-0.25, -0.2) is 0 Å². The average Bonchev–Trinajstić information content (AvgIpc) is 2.78. The predicted molar refractivity (Wildman–Crippen MR) is 136 cm³/mol. The molecule has 9 saturated carbocycles. The van der Waals surface area contributed by atoms with Crippen molar-refractivity contribution in [3.8, 4) is 0 Å². The minimum absolute atomic E-state index is 0.654. The third-order valence-corrected chi connectivity index (χ3v) is 13.0. The number of rotatable bonds is 0. The minimum atomic E-state index is 0.654. The Bertz CT molecular complexity index is 539. The third kappa shape index (κ3) is 4.80. The molecule has 31 heavy (non-hydrogen) atoms. The maximum atomic E-state index is 2.49. The molecular weight excluding hydrogens is 372 g/mol. The molecule has 0 radical (unpaired) electrons. The van der Waals surface area contributed by atoms with Gasteiger partial charge in [0.2, 0.25) is 0 Å². The average molecular weight is 429 g/mol. The smallest absolute Gasteiger partial charge is 0.0298 e. The highest BCUT2D eigenvalue weighted by molar-refractivity contribution is 4.96. The van der Waals surface area contributed by atoms with Crippen molar-refractivity contribution < 1.29 is 0 Å². The van der Waals surface area contributed by atoms with Gasteiger partial charge in [0, 0.05) is 0 Å². The molecule has 0 nitrogen and oxygen atoms in total. The summed E-state index contributed by atoms with van der Waals surface area (Å²) in [6.07, 6.45) is 19.8. The highest BCUT2D eigenvalue weighted by atomic mass is 14.5. The van der Waals surface area contributed by atoms with Crippen molar-refractivity contribution in [3.05, 3.63) is 0 Å². The van der Waals surface area contributed by atoms with Gasteiger partial charge in [-0.1, -0.05) is 48.5 Å². The van der Waals surface area contributed by atoms with Crippen LogP contribution in [0.1, 0.15) is 132 Å². The lowest BCUT2D eigenvalue weighted by atomic mass is 9.52. The van der Waals surface area contributed by atoms with E-state index in [2.05, 4.69) is 48.5 Å². The number of hydrogen-bond donors (Lipinski definition) is 0. The van der Waals surface area contributed by atoms with E-state index in [4.69, 9.17) is 0 Å². The zero-order chi connectivity index (χ0) is 22.4. The van der Waals surface area contributed by atoms with Gasteiger partial charge in [0.15, 0.2) is 0 Å². The molecule has 6 bridgehead atoms. The van der Waals surface area contributed by atoms with E-state index in [9.17, 15) is 0 Å². The van der Waals surface area contributed by atoms with E-state index in [1.165, 1.54) is 83.5 Å². The van der Waals surface area contributed by atoms with Crippen LogP contribution < -0.4 is 0 Å². The Hall–Kier alpha value is 0. The van der Waals surface area contributed by atoms with Crippen molar-refractivity contribution in [1.29, 1.82) is 0 Å². The van der Waals surface area contributed by atoms with Crippen molar-refractivity contribution in [2.45, 2.75) is 132 Å². The summed E-state index contributed by atoms with van der Waals surface area (Å²) in [5, 5.41) is 0. The molecule has 9 aliphatic rings. The van der Waals surface area contributed by atoms with Crippen LogP contribution in [0.25, 0.3) is 0 Å². The first kappa shape index (κ1) is 24.1. The molecule has 4 atom stereocenters. The molecule has 9 fully saturated rings. The fourth-order valence-corrected chi connectivity index (χ4v) is 9.25. The summed E-state index contributed by atoms with van der Waals surface area (Å²) >= 11 is 0. The zero-order valence-electron chi connectivity index (χ0n) is 22.4. The largest absolute Gasteiger partial charge is 0.0620 e. The Labute approximate surface area is 196 Å². The van der Waals surface area contributed by atoms with Crippen molar-refractivity contribution in [2.24, 2.45) is 64.1 Å². The highest BCUT2D eigenvalue weighted by Crippen LogP contribution is 2.55. The van der Waals surface area contributed by atoms with Crippen LogP contribution in [-0.4, -0.2) is 0 Å². The van der Waals surface area contributed by atoms with Gasteiger partial charge >= 0.3 is 0 Å². The van der Waals surface area contributed by atoms with Crippen molar-refractivity contribution in [3.63, 3.8) is 0 Å². The monoisotopic (exact) mass is 428 g/mol. The van der Waals surface area contributed by atoms with Gasteiger partial charge in [-0.2, -0.15) is 0 Å². The standard InChI is InChI=1S/C11H20.2C10H18/c1-8-9-4-6-10(7-5-9)11(8,2)3;1-8-7-9-3-5-10(8,2)6-4-9;1-7-8(2)10-5-3-9(7)4-6-10/h8-10H,4-7H2,1-3H3;8-9H,3-7H2,1-2H3;7-10H,3-6H2,1-2H3/t2*8-,9?,10?;7-,8?,9?,10?/m100/s1. The summed E-state index contributed by atoms with van der Waals surface area (Å²) in [7, 11) is 0. The van der Waals surface area contributed by atoms with E-state index < -0.39 is 0 Å². The molecule has 0 amide bonds. The number of fused-ring (bicyclic) bond motifs is 9. The van der Waals surface area contributed by atoms with Crippen LogP contribution in [0.3, 0.4) is 0 Å². The quantitative estimate of drug-likeness (QED) is 0.360. The molecule has 9 rings (SSSR count). The van der Waals surface area contributed by atoms with E-state index in [0.29, 0.717) is 5.41 Å². The molecular formula is C31H56. The van der Waals surface area contributed by atoms with Gasteiger partial charge < -0.3 is 0 Å². The molecule has 1 unspecified atom stereocenters. The van der Waals surface area contributed by atoms with E-state index in [-0.39, 0.29) is 0 Å². The van der Waals surface area contributed by atoms with Crippen LogP contribution in [-0.2, 0) is 0 Å². The van der Waals surface area contributed by atoms with Gasteiger partial charge in [0.25, 0.3) is 0 Å². The minimum Gasteiger partial charge on any atom is -0.0620 e. The fourth-order valence-electron chi connectivity index (χ4n) is 9.25. The van der Waals surface area contributed by atoms with Crippen LogP contribution in [0.4, 0.5) is 0 Å². The summed E-state index contributed by atoms with van der Waals surface area (Å²) in [5.41, 5.74) is 1.40. The van der Waals surface area contributed by atoms with Gasteiger partial charge in [-0.05, 0) is 148 Å². The van der Waals surface area contributed by atoms with Crippen molar-refractivity contribution >= 4 is 0 Å². The van der Waals surface area contributed by atoms with Gasteiger partial charge in [0.05, 0.1) is 0 Å². The van der Waals surface area contributed by atoms with E-state index >= 15 is 0 Å². The molecule has 180 valence electrons. The summed E-state index contributed by atoms with van der Waals surface area (Å²) in [6, 6.07) is 0. The molecule has 0 aliphatic heterocycles. The molecule has 0 saturated heterocycles. The van der Waals surface area contributed by atoms with Crippen LogP contribution in [0.15, 0.2) is 0 Å². The summed E-state index contributed by atoms with van der Waals surface area (Å²) < 4.78 is 0. The van der Waals surface area contributed by atoms with Crippen molar-refractivity contribution in [2.75, 3.05) is 0 Å². The first-order valence-electron chi connectivity index (χ1n) is 14.6. The summed E-state index contributed by atoms with van der Waals surface area (Å²) in [4.78, 5) is 0. The molecule has 0 N–H and O–H groups in total. The highest BCUT2D eigenvalue weighted by Gasteiger charge is 2.46. The Morgan fingerprint density at radius 2 is 1.00 bits per heavy atom. The lowest BCUT2D eigenvalue weighted by Crippen LogP contribution is -2.44. The van der Waals surface area contributed by atoms with E-state index in [1.54, 1.807) is 0 Å². The first-order valence-corrected chi connectivity index (χ1v) is 14.6. The number of hydrogen-bond acceptors (Lipinski definition) is 0. The topological polar surface area (TPSA) is 0 Å². The van der Waals surface area contributed by atoms with Crippen LogP contribution in [0, 0.1) is 64.1 Å². The normalized spacial score (nSPS) is 51.4. The second-order valence-electron chi connectivity index (χ2n) is 14.3. The Morgan fingerprint density at radius 3 is 1.26 bits per heavy atom. The van der Waals surface area contributed by atoms with Gasteiger partial charge in [-0.15, -0.1) is 0 Å². The lowest BCUT2D eigenvalue weighted by molar-refractivity contribution is -0.0319. The molecule has 0 heteroatoms. The Kier molecular flexibility index (Phi) is 7.26. The van der Waals surface area contributed by atoms with E-state index in [1.807, 2.05) is 0 Å². The summed E-state index contributed by atoms with van der Waals surface area (Å²) in [5.74, 6) is 9.48. The molecule has 9 aliphatic carbocycles. The summed E-state index contributed by atoms with van der Waals surface area (Å²) in [6.45, 7) is 17.3. The molecule has 0 spiro atoms. The molecule has 0 aromatic heterocycles. The van der Waals surface area contributed by atoms with Gasteiger partial charge in [-0.3, -0.25) is 0 Å². The van der Waals surface area contributed by atoms with E-state index in [0.717, 1.165) is 58.7 Å². The van der Waals surface area contributed by atoms with Crippen LogP contribution >= 0.6 is 0 Å². The second kappa shape index (κ2) is 9.33. The molecule has 0 heterocycles. The maximum Gasteiger partial charge on any atom is -0.0298 e. The first-order chi connectivity index (χ1) is 14.6. The third-order valence-electron chi connectivity index (χ3n) is 13.0. The second-order valence-corrected chi connectivity index (χ2v) is 14.3. The van der Waals surface area contributed by atoms with Crippen LogP contribution in [0.2, 0.25) is 0 Å².